The number of rotatable bonds is 2. The number of aromatic nitrogens is 6. The quantitative estimate of drug-likeness (QED) is 0.215. The average molecular weight is 571 g/mol. The fourth-order valence-corrected chi connectivity index (χ4v) is 3.52. The molecule has 42 heavy (non-hydrogen) atoms. The van der Waals surface area contributed by atoms with Gasteiger partial charge < -0.3 is 10.2 Å². The number of aryl methyl sites for hydroxylation is 2. The topological polar surface area (TPSA) is 102 Å². The van der Waals surface area contributed by atoms with Gasteiger partial charge in [0.15, 0.2) is 0 Å². The number of hydrogen-bond acceptors (Lipinski definition) is 6. The summed E-state index contributed by atoms with van der Waals surface area (Å²) >= 11 is 0. The summed E-state index contributed by atoms with van der Waals surface area (Å²) in [6.45, 7) is 19.9. The van der Waals surface area contributed by atoms with E-state index in [1.54, 1.807) is 12.1 Å². The van der Waals surface area contributed by atoms with E-state index >= 15 is 0 Å². The molecule has 2 N–H and O–H groups in total. The molecule has 224 valence electrons. The molecule has 6 rings (SSSR count). The van der Waals surface area contributed by atoms with E-state index in [1.165, 1.54) is 9.59 Å². The lowest BCUT2D eigenvalue weighted by molar-refractivity contribution is 0.467. The summed E-state index contributed by atoms with van der Waals surface area (Å²) in [5.74, 6) is 0.354. The minimum absolute atomic E-state index is 0.177. The molecule has 2 aromatic heterocycles. The average Bonchev–Trinajstić information content (AvgIpc) is 3.68. The molecule has 0 spiro atoms. The van der Waals surface area contributed by atoms with Gasteiger partial charge in [-0.1, -0.05) is 91.8 Å². The molecular weight excluding hydrogens is 524 g/mol. The van der Waals surface area contributed by atoms with Gasteiger partial charge >= 0.3 is 0 Å². The van der Waals surface area contributed by atoms with Crippen LogP contribution in [0, 0.1) is 13.8 Å². The third kappa shape index (κ3) is 9.16. The summed E-state index contributed by atoms with van der Waals surface area (Å²) in [6.07, 6.45) is 0. The summed E-state index contributed by atoms with van der Waals surface area (Å²) in [6, 6.07) is 25.9. The Balaban J connectivity index is 0.000000340. The number of benzene rings is 4. The molecule has 6 aromatic rings. The lowest BCUT2D eigenvalue weighted by atomic mass is 10.2. The fourth-order valence-electron chi connectivity index (χ4n) is 3.52. The number of fused-ring (bicyclic) bond motifs is 2. The van der Waals surface area contributed by atoms with E-state index in [2.05, 4.69) is 20.4 Å². The summed E-state index contributed by atoms with van der Waals surface area (Å²) in [4.78, 5) is 2.93. The highest BCUT2D eigenvalue weighted by molar-refractivity contribution is 5.74. The third-order valence-corrected chi connectivity index (χ3v) is 5.27. The Hall–Kier alpha value is -4.72. The van der Waals surface area contributed by atoms with Crippen LogP contribution in [-0.4, -0.2) is 40.2 Å². The largest absolute Gasteiger partial charge is 0.506 e. The van der Waals surface area contributed by atoms with Gasteiger partial charge in [-0.15, -0.1) is 30.0 Å². The van der Waals surface area contributed by atoms with Crippen molar-refractivity contribution in [2.75, 3.05) is 0 Å². The van der Waals surface area contributed by atoms with Crippen molar-refractivity contribution in [2.45, 2.75) is 69.2 Å². The van der Waals surface area contributed by atoms with Crippen LogP contribution in [0.4, 0.5) is 0 Å². The Morgan fingerprint density at radius 1 is 0.429 bits per heavy atom. The zero-order valence-corrected chi connectivity index (χ0v) is 26.7. The number of phenols is 2. The van der Waals surface area contributed by atoms with Crippen LogP contribution in [0.25, 0.3) is 33.4 Å². The second kappa shape index (κ2) is 18.6. The minimum Gasteiger partial charge on any atom is -0.506 e. The molecule has 2 heterocycles. The van der Waals surface area contributed by atoms with Crippen molar-refractivity contribution < 1.29 is 10.2 Å². The van der Waals surface area contributed by atoms with Crippen LogP contribution in [0.2, 0.25) is 0 Å². The molecule has 0 fully saturated rings. The maximum absolute atomic E-state index is 9.81. The Kier molecular flexibility index (Phi) is 15.6. The SMILES string of the molecule is CC.CC.CC.CC.Cc1ccc(O)c(-n2nc3ccccc3n2)c1.Cc1ccc(O)c(-n2nc3ccccc3n2)c1. The summed E-state index contributed by atoms with van der Waals surface area (Å²) < 4.78 is 0. The van der Waals surface area contributed by atoms with E-state index in [4.69, 9.17) is 0 Å². The smallest absolute Gasteiger partial charge is 0.143 e. The van der Waals surface area contributed by atoms with Crippen LogP contribution in [0.5, 0.6) is 11.5 Å². The Bertz CT molecular complexity index is 1430. The van der Waals surface area contributed by atoms with E-state index in [0.29, 0.717) is 11.4 Å². The molecule has 4 aromatic carbocycles. The standard InChI is InChI=1S/2C13H11N3O.4C2H6/c2*1-9-6-7-13(17)12(8-9)16-14-10-4-2-3-5-11(10)15-16;4*1-2/h2*2-8,17H,1H3;4*1-2H3. The molecule has 0 unspecified atom stereocenters. The molecule has 0 aliphatic rings. The van der Waals surface area contributed by atoms with Crippen molar-refractivity contribution in [1.82, 2.24) is 30.0 Å². The molecule has 0 saturated heterocycles. The van der Waals surface area contributed by atoms with Crippen molar-refractivity contribution >= 4 is 22.1 Å². The van der Waals surface area contributed by atoms with E-state index in [0.717, 1.165) is 33.2 Å². The van der Waals surface area contributed by atoms with E-state index < -0.39 is 0 Å². The number of aromatic hydroxyl groups is 2. The maximum atomic E-state index is 9.81. The van der Waals surface area contributed by atoms with E-state index in [1.807, 2.05) is 142 Å². The predicted molar refractivity (Wildman–Crippen MR) is 176 cm³/mol. The van der Waals surface area contributed by atoms with Crippen molar-refractivity contribution in [3.63, 3.8) is 0 Å². The lowest BCUT2D eigenvalue weighted by Crippen LogP contribution is -1.99. The zero-order valence-electron chi connectivity index (χ0n) is 26.7. The monoisotopic (exact) mass is 570 g/mol. The Labute approximate surface area is 250 Å². The summed E-state index contributed by atoms with van der Waals surface area (Å²) in [5, 5.41) is 36.9. The zero-order chi connectivity index (χ0) is 31.7. The second-order valence-corrected chi connectivity index (χ2v) is 7.94. The van der Waals surface area contributed by atoms with Gasteiger partial charge in [-0.05, 0) is 73.5 Å². The summed E-state index contributed by atoms with van der Waals surface area (Å²) in [5.41, 5.74) is 6.56. The molecule has 0 saturated carbocycles. The molecular formula is C34H46N6O2. The van der Waals surface area contributed by atoms with Gasteiger partial charge in [0.05, 0.1) is 0 Å². The van der Waals surface area contributed by atoms with Gasteiger partial charge in [0, 0.05) is 0 Å². The van der Waals surface area contributed by atoms with Crippen LogP contribution >= 0.6 is 0 Å². The van der Waals surface area contributed by atoms with Gasteiger partial charge in [0.2, 0.25) is 0 Å². The Morgan fingerprint density at radius 3 is 0.952 bits per heavy atom. The first-order valence-corrected chi connectivity index (χ1v) is 14.7. The van der Waals surface area contributed by atoms with Crippen molar-refractivity contribution in [2.24, 2.45) is 0 Å². The first-order chi connectivity index (χ1) is 20.5. The molecule has 0 bridgehead atoms. The molecule has 0 amide bonds. The van der Waals surface area contributed by atoms with Crippen molar-refractivity contribution in [3.05, 3.63) is 96.1 Å². The Morgan fingerprint density at radius 2 is 0.690 bits per heavy atom. The summed E-state index contributed by atoms with van der Waals surface area (Å²) in [7, 11) is 0. The van der Waals surface area contributed by atoms with E-state index in [-0.39, 0.29) is 11.5 Å². The van der Waals surface area contributed by atoms with Crippen LogP contribution in [0.1, 0.15) is 66.5 Å². The molecule has 8 nitrogen and oxygen atoms in total. The molecule has 0 radical (unpaired) electrons. The highest BCUT2D eigenvalue weighted by Crippen LogP contribution is 2.23. The van der Waals surface area contributed by atoms with Gasteiger partial charge in [0.25, 0.3) is 0 Å². The highest BCUT2D eigenvalue weighted by Gasteiger charge is 2.09. The number of phenolic OH excluding ortho intramolecular Hbond substituents is 2. The number of hydrogen-bond donors (Lipinski definition) is 2. The van der Waals surface area contributed by atoms with E-state index in [9.17, 15) is 10.2 Å². The van der Waals surface area contributed by atoms with Crippen LogP contribution in [0.3, 0.4) is 0 Å². The first kappa shape index (κ1) is 35.3. The van der Waals surface area contributed by atoms with Gasteiger partial charge in [-0.3, -0.25) is 0 Å². The van der Waals surface area contributed by atoms with Gasteiger partial charge in [-0.25, -0.2) is 0 Å². The normalized spacial score (nSPS) is 9.38. The maximum Gasteiger partial charge on any atom is 0.143 e. The van der Waals surface area contributed by atoms with Crippen molar-refractivity contribution in [1.29, 1.82) is 0 Å². The molecule has 0 aliphatic carbocycles. The molecule has 8 heteroatoms. The van der Waals surface area contributed by atoms with Crippen molar-refractivity contribution in [3.8, 4) is 22.9 Å². The molecule has 0 aliphatic heterocycles. The second-order valence-electron chi connectivity index (χ2n) is 7.94. The number of nitrogens with zero attached hydrogens (tertiary/aromatic N) is 6. The third-order valence-electron chi connectivity index (χ3n) is 5.27. The molecule has 0 atom stereocenters. The minimum atomic E-state index is 0.177. The predicted octanol–water partition coefficient (Wildman–Crippen LogP) is 8.97. The van der Waals surface area contributed by atoms with Crippen LogP contribution in [0.15, 0.2) is 84.9 Å². The lowest BCUT2D eigenvalue weighted by Gasteiger charge is -2.03. The van der Waals surface area contributed by atoms with Crippen LogP contribution in [-0.2, 0) is 0 Å². The highest BCUT2D eigenvalue weighted by atomic mass is 16.3. The van der Waals surface area contributed by atoms with Gasteiger partial charge in [-0.2, -0.15) is 0 Å². The van der Waals surface area contributed by atoms with Crippen LogP contribution < -0.4 is 0 Å². The fraction of sp³-hybridized carbons (Fsp3) is 0.294. The van der Waals surface area contributed by atoms with Gasteiger partial charge in [0.1, 0.15) is 44.9 Å². The first-order valence-electron chi connectivity index (χ1n) is 14.7.